The molecule has 0 aliphatic carbocycles. The molecule has 0 bridgehead atoms. The van der Waals surface area contributed by atoms with Gasteiger partial charge >= 0.3 is 0 Å². The quantitative estimate of drug-likeness (QED) is 0.675. The second-order valence-corrected chi connectivity index (χ2v) is 6.28. The molecular weight excluding hydrogens is 412 g/mol. The Morgan fingerprint density at radius 2 is 1.90 bits per heavy atom. The largest absolute Gasteiger partial charge is 0.321 e. The number of amides is 1. The van der Waals surface area contributed by atoms with Crippen LogP contribution in [0.4, 0.5) is 10.1 Å². The van der Waals surface area contributed by atoms with Gasteiger partial charge in [0.15, 0.2) is 0 Å². The molecule has 0 radical (unpaired) electrons. The van der Waals surface area contributed by atoms with Gasteiger partial charge in [-0.1, -0.05) is 11.6 Å². The van der Waals surface area contributed by atoms with E-state index >= 15 is 0 Å². The van der Waals surface area contributed by atoms with E-state index in [-0.39, 0.29) is 10.4 Å². The number of carbonyl (C=O) groups is 1. The van der Waals surface area contributed by atoms with Gasteiger partial charge in [0.2, 0.25) is 0 Å². The summed E-state index contributed by atoms with van der Waals surface area (Å²) in [4.78, 5) is 12.1. The van der Waals surface area contributed by atoms with Crippen molar-refractivity contribution in [2.45, 2.75) is 6.92 Å². The molecule has 2 rings (SSSR count). The molecule has 0 fully saturated rings. The van der Waals surface area contributed by atoms with E-state index in [0.29, 0.717) is 16.3 Å². The second-order valence-electron chi connectivity index (χ2n) is 4.16. The third-order valence-corrected chi connectivity index (χ3v) is 4.35. The van der Waals surface area contributed by atoms with E-state index in [9.17, 15) is 9.18 Å². The molecular formula is C14H9Br2ClFNO. The normalized spacial score (nSPS) is 10.4. The monoisotopic (exact) mass is 419 g/mol. The predicted octanol–water partition coefficient (Wildman–Crippen LogP) is 5.56. The van der Waals surface area contributed by atoms with E-state index in [0.717, 1.165) is 10.0 Å². The zero-order valence-corrected chi connectivity index (χ0v) is 14.2. The molecule has 0 heterocycles. The van der Waals surface area contributed by atoms with Crippen LogP contribution in [0, 0.1) is 12.7 Å². The Morgan fingerprint density at radius 3 is 2.55 bits per heavy atom. The SMILES string of the molecule is Cc1cc(Br)c(NC(=O)c2ccc(F)c(Br)c2)cc1Cl. The summed E-state index contributed by atoms with van der Waals surface area (Å²) in [7, 11) is 0. The third kappa shape index (κ3) is 3.40. The van der Waals surface area contributed by atoms with Gasteiger partial charge < -0.3 is 5.32 Å². The maximum atomic E-state index is 13.1. The molecule has 0 atom stereocenters. The molecule has 0 aliphatic rings. The van der Waals surface area contributed by atoms with Crippen molar-refractivity contribution in [3.05, 3.63) is 61.2 Å². The van der Waals surface area contributed by atoms with E-state index in [4.69, 9.17) is 11.6 Å². The molecule has 0 aromatic heterocycles. The molecule has 1 amide bonds. The molecule has 0 saturated heterocycles. The predicted molar refractivity (Wildman–Crippen MR) is 85.9 cm³/mol. The Balaban J connectivity index is 2.27. The average Bonchev–Trinajstić information content (AvgIpc) is 2.39. The lowest BCUT2D eigenvalue weighted by molar-refractivity contribution is 0.102. The van der Waals surface area contributed by atoms with Crippen LogP contribution in [0.3, 0.4) is 0 Å². The van der Waals surface area contributed by atoms with Crippen LogP contribution < -0.4 is 5.32 Å². The minimum atomic E-state index is -0.416. The minimum absolute atomic E-state index is 0.242. The van der Waals surface area contributed by atoms with Gasteiger partial charge in [-0.2, -0.15) is 0 Å². The standard InChI is InChI=1S/C14H9Br2ClFNO/c1-7-4-10(16)13(6-11(7)17)19-14(20)8-2-3-12(18)9(15)5-8/h2-6H,1H3,(H,19,20). The fourth-order valence-electron chi connectivity index (χ4n) is 1.57. The number of nitrogens with one attached hydrogen (secondary N) is 1. The Kier molecular flexibility index (Phi) is 4.83. The van der Waals surface area contributed by atoms with Crippen LogP contribution in [0.15, 0.2) is 39.3 Å². The number of carbonyl (C=O) groups excluding carboxylic acids is 1. The summed E-state index contributed by atoms with van der Waals surface area (Å²) in [5, 5.41) is 3.29. The van der Waals surface area contributed by atoms with Crippen molar-refractivity contribution in [3.63, 3.8) is 0 Å². The molecule has 2 aromatic carbocycles. The minimum Gasteiger partial charge on any atom is -0.321 e. The van der Waals surface area contributed by atoms with Crippen LogP contribution in [-0.2, 0) is 0 Å². The zero-order chi connectivity index (χ0) is 14.9. The molecule has 0 saturated carbocycles. The van der Waals surface area contributed by atoms with Crippen LogP contribution in [0.25, 0.3) is 0 Å². The first-order valence-corrected chi connectivity index (χ1v) is 7.57. The van der Waals surface area contributed by atoms with Gasteiger partial charge in [0.05, 0.1) is 10.2 Å². The van der Waals surface area contributed by atoms with E-state index in [1.165, 1.54) is 18.2 Å². The van der Waals surface area contributed by atoms with Crippen LogP contribution in [0.2, 0.25) is 5.02 Å². The number of hydrogen-bond donors (Lipinski definition) is 1. The highest BCUT2D eigenvalue weighted by Crippen LogP contribution is 2.29. The number of aryl methyl sites for hydroxylation is 1. The van der Waals surface area contributed by atoms with Gasteiger partial charge in [-0.3, -0.25) is 4.79 Å². The second kappa shape index (κ2) is 6.24. The van der Waals surface area contributed by atoms with Gasteiger partial charge in [0, 0.05) is 15.1 Å². The molecule has 6 heteroatoms. The smallest absolute Gasteiger partial charge is 0.255 e. The van der Waals surface area contributed by atoms with Crippen LogP contribution in [0.5, 0.6) is 0 Å². The molecule has 20 heavy (non-hydrogen) atoms. The Bertz CT molecular complexity index is 691. The fourth-order valence-corrected chi connectivity index (χ4v) is 2.67. The first-order valence-electron chi connectivity index (χ1n) is 5.60. The van der Waals surface area contributed by atoms with Gasteiger partial charge in [-0.15, -0.1) is 0 Å². The fraction of sp³-hybridized carbons (Fsp3) is 0.0714. The zero-order valence-electron chi connectivity index (χ0n) is 10.3. The van der Waals surface area contributed by atoms with Crippen LogP contribution in [-0.4, -0.2) is 5.91 Å². The van der Waals surface area contributed by atoms with Crippen molar-refractivity contribution in [1.29, 1.82) is 0 Å². The molecule has 2 aromatic rings. The van der Waals surface area contributed by atoms with Crippen molar-refractivity contribution in [2.24, 2.45) is 0 Å². The maximum Gasteiger partial charge on any atom is 0.255 e. The molecule has 2 nitrogen and oxygen atoms in total. The van der Waals surface area contributed by atoms with E-state index in [2.05, 4.69) is 37.2 Å². The number of halogens is 4. The van der Waals surface area contributed by atoms with Gasteiger partial charge in [0.25, 0.3) is 5.91 Å². The molecule has 0 spiro atoms. The van der Waals surface area contributed by atoms with Crippen LogP contribution >= 0.6 is 43.5 Å². The number of hydrogen-bond acceptors (Lipinski definition) is 1. The Morgan fingerprint density at radius 1 is 1.20 bits per heavy atom. The van der Waals surface area contributed by atoms with E-state index < -0.39 is 5.82 Å². The molecule has 0 aliphatic heterocycles. The number of anilines is 1. The van der Waals surface area contributed by atoms with Crippen molar-refractivity contribution in [1.82, 2.24) is 0 Å². The highest BCUT2D eigenvalue weighted by atomic mass is 79.9. The van der Waals surface area contributed by atoms with Crippen molar-refractivity contribution >= 4 is 55.1 Å². The lowest BCUT2D eigenvalue weighted by atomic mass is 10.2. The summed E-state index contributed by atoms with van der Waals surface area (Å²) in [6.45, 7) is 1.87. The topological polar surface area (TPSA) is 29.1 Å². The van der Waals surface area contributed by atoms with Crippen molar-refractivity contribution in [3.8, 4) is 0 Å². The number of rotatable bonds is 2. The summed E-state index contributed by atoms with van der Waals surface area (Å²) in [5.74, 6) is -0.757. The van der Waals surface area contributed by atoms with Crippen LogP contribution in [0.1, 0.15) is 15.9 Å². The van der Waals surface area contributed by atoms with Gasteiger partial charge in [-0.05, 0) is 74.7 Å². The average molecular weight is 421 g/mol. The first-order chi connectivity index (χ1) is 9.38. The highest BCUT2D eigenvalue weighted by Gasteiger charge is 2.11. The van der Waals surface area contributed by atoms with Gasteiger partial charge in [0.1, 0.15) is 5.82 Å². The summed E-state index contributed by atoms with van der Waals surface area (Å²) >= 11 is 12.4. The summed E-state index contributed by atoms with van der Waals surface area (Å²) in [6.07, 6.45) is 0. The maximum absolute atomic E-state index is 13.1. The molecule has 0 unspecified atom stereocenters. The highest BCUT2D eigenvalue weighted by molar-refractivity contribution is 9.10. The molecule has 1 N–H and O–H groups in total. The van der Waals surface area contributed by atoms with Crippen molar-refractivity contribution < 1.29 is 9.18 Å². The summed E-state index contributed by atoms with van der Waals surface area (Å²) < 4.78 is 14.1. The Labute approximate surface area is 137 Å². The van der Waals surface area contributed by atoms with E-state index in [1.54, 1.807) is 6.07 Å². The number of benzene rings is 2. The van der Waals surface area contributed by atoms with Gasteiger partial charge in [-0.25, -0.2) is 4.39 Å². The Hall–Kier alpha value is -0.910. The summed E-state index contributed by atoms with van der Waals surface area (Å²) in [6, 6.07) is 7.56. The summed E-state index contributed by atoms with van der Waals surface area (Å²) in [5.41, 5.74) is 1.81. The lowest BCUT2D eigenvalue weighted by Crippen LogP contribution is -2.12. The van der Waals surface area contributed by atoms with E-state index in [1.807, 2.05) is 13.0 Å². The lowest BCUT2D eigenvalue weighted by Gasteiger charge is -2.10. The van der Waals surface area contributed by atoms with Crippen molar-refractivity contribution in [2.75, 3.05) is 5.32 Å². The first kappa shape index (κ1) is 15.5. The third-order valence-electron chi connectivity index (χ3n) is 2.68. The molecule has 104 valence electrons.